The Labute approximate surface area is 112 Å². The van der Waals surface area contributed by atoms with Gasteiger partial charge in [-0.05, 0) is 49.6 Å². The zero-order chi connectivity index (χ0) is 13.0. The molecule has 1 nitrogen and oxygen atoms in total. The highest BCUT2D eigenvalue weighted by molar-refractivity contribution is 5.23. The van der Waals surface area contributed by atoms with Crippen molar-refractivity contribution in [2.75, 3.05) is 13.1 Å². The van der Waals surface area contributed by atoms with Crippen LogP contribution >= 0.6 is 0 Å². The van der Waals surface area contributed by atoms with Crippen molar-refractivity contribution < 1.29 is 0 Å². The van der Waals surface area contributed by atoms with Crippen LogP contribution in [0, 0.1) is 18.3 Å². The molecule has 0 amide bonds. The van der Waals surface area contributed by atoms with Crippen LogP contribution in [0.15, 0.2) is 24.3 Å². The van der Waals surface area contributed by atoms with Crippen molar-refractivity contribution in [2.45, 2.75) is 46.5 Å². The van der Waals surface area contributed by atoms with Gasteiger partial charge >= 0.3 is 0 Å². The molecular formula is C17H27N. The van der Waals surface area contributed by atoms with Gasteiger partial charge in [0.1, 0.15) is 0 Å². The Morgan fingerprint density at radius 1 is 1.17 bits per heavy atom. The van der Waals surface area contributed by atoms with Crippen molar-refractivity contribution in [3.63, 3.8) is 0 Å². The highest BCUT2D eigenvalue weighted by Crippen LogP contribution is 2.43. The van der Waals surface area contributed by atoms with Gasteiger partial charge in [0.15, 0.2) is 0 Å². The summed E-state index contributed by atoms with van der Waals surface area (Å²) in [4.78, 5) is 0. The van der Waals surface area contributed by atoms with Gasteiger partial charge in [0.25, 0.3) is 0 Å². The topological polar surface area (TPSA) is 12.0 Å². The van der Waals surface area contributed by atoms with E-state index in [1.807, 2.05) is 0 Å². The van der Waals surface area contributed by atoms with Crippen LogP contribution in [-0.2, 0) is 6.42 Å². The number of benzene rings is 1. The molecule has 0 heterocycles. The van der Waals surface area contributed by atoms with E-state index in [1.54, 1.807) is 0 Å². The molecule has 0 saturated heterocycles. The largest absolute Gasteiger partial charge is 0.316 e. The Hall–Kier alpha value is -0.820. The fraction of sp³-hybridized carbons (Fsp3) is 0.647. The first kappa shape index (κ1) is 13.6. The molecule has 0 unspecified atom stereocenters. The van der Waals surface area contributed by atoms with Crippen molar-refractivity contribution in [2.24, 2.45) is 11.3 Å². The number of hydrogen-bond donors (Lipinski definition) is 1. The zero-order valence-corrected chi connectivity index (χ0v) is 12.1. The lowest BCUT2D eigenvalue weighted by molar-refractivity contribution is 0.129. The lowest BCUT2D eigenvalue weighted by atomic mass is 9.65. The molecule has 1 aromatic rings. The standard InChI is InChI=1S/C17H27N/c1-14(2)12-18-13-17(9-4-10-17)11-16-7-5-15(3)6-8-16/h5-8,14,18H,4,9-13H2,1-3H3. The monoisotopic (exact) mass is 245 g/mol. The van der Waals surface area contributed by atoms with E-state index in [0.717, 1.165) is 12.5 Å². The summed E-state index contributed by atoms with van der Waals surface area (Å²) in [5.74, 6) is 0.751. The van der Waals surface area contributed by atoms with Crippen LogP contribution in [0.3, 0.4) is 0 Å². The smallest absolute Gasteiger partial charge is 0.00111 e. The number of nitrogens with one attached hydrogen (secondary N) is 1. The third-order valence-electron chi connectivity index (χ3n) is 4.17. The molecule has 1 fully saturated rings. The first-order valence-corrected chi connectivity index (χ1v) is 7.36. The Bertz CT molecular complexity index is 360. The third kappa shape index (κ3) is 3.58. The molecule has 0 atom stereocenters. The minimum Gasteiger partial charge on any atom is -0.316 e. The zero-order valence-electron chi connectivity index (χ0n) is 12.1. The molecule has 1 saturated carbocycles. The normalized spacial score (nSPS) is 17.8. The summed E-state index contributed by atoms with van der Waals surface area (Å²) in [6.45, 7) is 9.06. The van der Waals surface area contributed by atoms with Gasteiger partial charge in [-0.1, -0.05) is 50.1 Å². The molecule has 0 spiro atoms. The maximum Gasteiger partial charge on any atom is 0.00111 e. The minimum absolute atomic E-state index is 0.546. The maximum absolute atomic E-state index is 3.66. The molecule has 1 aromatic carbocycles. The van der Waals surface area contributed by atoms with Gasteiger partial charge in [0, 0.05) is 6.54 Å². The molecule has 1 heteroatoms. The van der Waals surface area contributed by atoms with Crippen LogP contribution < -0.4 is 5.32 Å². The Kier molecular flexibility index (Phi) is 4.45. The Balaban J connectivity index is 1.89. The second-order valence-electron chi connectivity index (χ2n) is 6.54. The number of rotatable bonds is 6. The molecule has 1 N–H and O–H groups in total. The third-order valence-corrected chi connectivity index (χ3v) is 4.17. The molecule has 0 radical (unpaired) electrons. The van der Waals surface area contributed by atoms with Crippen molar-refractivity contribution in [1.82, 2.24) is 5.32 Å². The molecular weight excluding hydrogens is 218 g/mol. The molecule has 1 aliphatic carbocycles. The van der Waals surface area contributed by atoms with Crippen LogP contribution in [0.25, 0.3) is 0 Å². The van der Waals surface area contributed by atoms with Crippen molar-refractivity contribution >= 4 is 0 Å². The SMILES string of the molecule is Cc1ccc(CC2(CNCC(C)C)CCC2)cc1. The van der Waals surface area contributed by atoms with Crippen LogP contribution in [0.1, 0.15) is 44.2 Å². The molecule has 0 aromatic heterocycles. The highest BCUT2D eigenvalue weighted by atomic mass is 14.9. The van der Waals surface area contributed by atoms with Gasteiger partial charge in [0.05, 0.1) is 0 Å². The average molecular weight is 245 g/mol. The quantitative estimate of drug-likeness (QED) is 0.800. The van der Waals surface area contributed by atoms with Gasteiger partial charge in [0.2, 0.25) is 0 Å². The van der Waals surface area contributed by atoms with Gasteiger partial charge in [-0.3, -0.25) is 0 Å². The molecule has 0 aliphatic heterocycles. The van der Waals surface area contributed by atoms with E-state index in [1.165, 1.54) is 43.4 Å². The fourth-order valence-corrected chi connectivity index (χ4v) is 2.86. The lowest BCUT2D eigenvalue weighted by Crippen LogP contribution is -2.42. The van der Waals surface area contributed by atoms with E-state index in [-0.39, 0.29) is 0 Å². The summed E-state index contributed by atoms with van der Waals surface area (Å²) in [5.41, 5.74) is 3.41. The van der Waals surface area contributed by atoms with E-state index in [2.05, 4.69) is 50.4 Å². The minimum atomic E-state index is 0.546. The first-order chi connectivity index (χ1) is 8.60. The Morgan fingerprint density at radius 3 is 2.33 bits per heavy atom. The predicted octanol–water partition coefficient (Wildman–Crippen LogP) is 3.95. The fourth-order valence-electron chi connectivity index (χ4n) is 2.86. The van der Waals surface area contributed by atoms with E-state index >= 15 is 0 Å². The molecule has 2 rings (SSSR count). The van der Waals surface area contributed by atoms with Crippen LogP contribution in [0.2, 0.25) is 0 Å². The van der Waals surface area contributed by atoms with Crippen LogP contribution in [0.4, 0.5) is 0 Å². The molecule has 1 aliphatic rings. The van der Waals surface area contributed by atoms with E-state index in [9.17, 15) is 0 Å². The van der Waals surface area contributed by atoms with Crippen molar-refractivity contribution in [1.29, 1.82) is 0 Å². The Morgan fingerprint density at radius 2 is 1.83 bits per heavy atom. The number of hydrogen-bond acceptors (Lipinski definition) is 1. The summed E-state index contributed by atoms with van der Waals surface area (Å²) in [5, 5.41) is 3.66. The van der Waals surface area contributed by atoms with Gasteiger partial charge in [-0.15, -0.1) is 0 Å². The molecule has 100 valence electrons. The van der Waals surface area contributed by atoms with Gasteiger partial charge in [-0.25, -0.2) is 0 Å². The highest BCUT2D eigenvalue weighted by Gasteiger charge is 2.36. The second-order valence-corrected chi connectivity index (χ2v) is 6.54. The van der Waals surface area contributed by atoms with Crippen molar-refractivity contribution in [3.8, 4) is 0 Å². The summed E-state index contributed by atoms with van der Waals surface area (Å²) in [6, 6.07) is 9.09. The maximum atomic E-state index is 3.66. The van der Waals surface area contributed by atoms with E-state index < -0.39 is 0 Å². The van der Waals surface area contributed by atoms with E-state index in [0.29, 0.717) is 5.41 Å². The van der Waals surface area contributed by atoms with Gasteiger partial charge < -0.3 is 5.32 Å². The van der Waals surface area contributed by atoms with Crippen LogP contribution in [0.5, 0.6) is 0 Å². The molecule has 0 bridgehead atoms. The second kappa shape index (κ2) is 5.88. The van der Waals surface area contributed by atoms with Crippen molar-refractivity contribution in [3.05, 3.63) is 35.4 Å². The summed E-state index contributed by atoms with van der Waals surface area (Å²) < 4.78 is 0. The summed E-state index contributed by atoms with van der Waals surface area (Å²) in [6.07, 6.45) is 5.45. The van der Waals surface area contributed by atoms with Crippen LogP contribution in [-0.4, -0.2) is 13.1 Å². The first-order valence-electron chi connectivity index (χ1n) is 7.36. The lowest BCUT2D eigenvalue weighted by Gasteiger charge is -2.42. The summed E-state index contributed by atoms with van der Waals surface area (Å²) >= 11 is 0. The number of aryl methyl sites for hydroxylation is 1. The predicted molar refractivity (Wildman–Crippen MR) is 78.9 cm³/mol. The molecule has 18 heavy (non-hydrogen) atoms. The summed E-state index contributed by atoms with van der Waals surface area (Å²) in [7, 11) is 0. The van der Waals surface area contributed by atoms with E-state index in [4.69, 9.17) is 0 Å². The van der Waals surface area contributed by atoms with Gasteiger partial charge in [-0.2, -0.15) is 0 Å². The average Bonchev–Trinajstić information content (AvgIpc) is 2.28.